The fraction of sp³-hybridized carbons (Fsp3) is 0.208. The monoisotopic (exact) mass is 443 g/mol. The van der Waals surface area contributed by atoms with E-state index in [1.54, 1.807) is 12.1 Å². The van der Waals surface area contributed by atoms with Crippen LogP contribution >= 0.6 is 0 Å². The summed E-state index contributed by atoms with van der Waals surface area (Å²) in [4.78, 5) is 48.1. The maximum atomic E-state index is 13.4. The molecule has 2 aliphatic heterocycles. The average Bonchev–Trinajstić information content (AvgIpc) is 3.24. The summed E-state index contributed by atoms with van der Waals surface area (Å²) in [6, 6.07) is 11.7. The van der Waals surface area contributed by atoms with Crippen molar-refractivity contribution in [3.05, 3.63) is 77.9 Å². The molecule has 0 spiro atoms. The molecular weight excluding hydrogens is 422 g/mol. The Morgan fingerprint density at radius 2 is 1.91 bits per heavy atom. The first-order valence-corrected chi connectivity index (χ1v) is 10.6. The first-order valence-electron chi connectivity index (χ1n) is 10.6. The minimum absolute atomic E-state index is 0.0418. The summed E-state index contributed by atoms with van der Waals surface area (Å²) < 4.78 is 0. The Hall–Kier alpha value is -4.11. The number of carbonyl (C=O) groups is 3. The fourth-order valence-corrected chi connectivity index (χ4v) is 4.27. The van der Waals surface area contributed by atoms with E-state index in [4.69, 9.17) is 0 Å². The van der Waals surface area contributed by atoms with E-state index in [0.717, 1.165) is 16.7 Å². The Bertz CT molecular complexity index is 1230. The zero-order valence-corrected chi connectivity index (χ0v) is 17.6. The summed E-state index contributed by atoms with van der Waals surface area (Å²) in [6.45, 7) is 0.178. The van der Waals surface area contributed by atoms with Crippen molar-refractivity contribution in [3.8, 4) is 11.1 Å². The standard InChI is InChI=1S/C24H21N5O4/c30-13-14-1-3-15(4-2-14)16-5-6-19-18(9-16)24(33)29-12-17(10-21(29)23(32)28-19)27-22(31)20-11-25-7-8-26-20/h1-9,11,17,21,30H,10,12-13H2,(H,27,31)(H,28,32). The second-order valence-corrected chi connectivity index (χ2v) is 8.07. The molecule has 3 amide bonds. The van der Waals surface area contributed by atoms with Gasteiger partial charge in [-0.2, -0.15) is 0 Å². The number of nitrogens with zero attached hydrogens (tertiary/aromatic N) is 3. The number of fused-ring (bicyclic) bond motifs is 2. The molecule has 0 aliphatic carbocycles. The van der Waals surface area contributed by atoms with Crippen LogP contribution < -0.4 is 10.6 Å². The van der Waals surface area contributed by atoms with Gasteiger partial charge >= 0.3 is 0 Å². The van der Waals surface area contributed by atoms with Gasteiger partial charge in [-0.1, -0.05) is 30.3 Å². The van der Waals surface area contributed by atoms with Crippen LogP contribution in [0.5, 0.6) is 0 Å². The van der Waals surface area contributed by atoms with Crippen molar-refractivity contribution in [2.45, 2.75) is 25.1 Å². The van der Waals surface area contributed by atoms with E-state index < -0.39 is 11.9 Å². The normalized spacial score (nSPS) is 19.4. The lowest BCUT2D eigenvalue weighted by Crippen LogP contribution is -2.41. The van der Waals surface area contributed by atoms with Crippen molar-refractivity contribution in [2.24, 2.45) is 0 Å². The lowest BCUT2D eigenvalue weighted by Gasteiger charge is -2.20. The molecule has 166 valence electrons. The van der Waals surface area contributed by atoms with Crippen LogP contribution in [0.4, 0.5) is 5.69 Å². The molecule has 1 saturated heterocycles. The van der Waals surface area contributed by atoms with Crippen molar-refractivity contribution in [2.75, 3.05) is 11.9 Å². The number of aliphatic hydroxyl groups excluding tert-OH is 1. The molecule has 5 rings (SSSR count). The molecule has 9 nitrogen and oxygen atoms in total. The van der Waals surface area contributed by atoms with E-state index in [1.165, 1.54) is 23.5 Å². The smallest absolute Gasteiger partial charge is 0.271 e. The number of aliphatic hydroxyl groups is 1. The van der Waals surface area contributed by atoms with E-state index in [9.17, 15) is 19.5 Å². The highest BCUT2D eigenvalue weighted by molar-refractivity contribution is 6.11. The Morgan fingerprint density at radius 3 is 2.64 bits per heavy atom. The maximum Gasteiger partial charge on any atom is 0.271 e. The SMILES string of the molecule is O=C(NC1CC2C(=O)Nc3ccc(-c4ccc(CO)cc4)cc3C(=O)N2C1)c1cnccn1. The van der Waals surface area contributed by atoms with Crippen LogP contribution in [0.15, 0.2) is 61.1 Å². The van der Waals surface area contributed by atoms with Gasteiger partial charge in [0.15, 0.2) is 0 Å². The second kappa shape index (κ2) is 8.44. The molecule has 3 N–H and O–H groups in total. The molecule has 2 aliphatic rings. The molecule has 1 aromatic heterocycles. The predicted molar refractivity (Wildman–Crippen MR) is 119 cm³/mol. The zero-order chi connectivity index (χ0) is 22.9. The average molecular weight is 443 g/mol. The van der Waals surface area contributed by atoms with Crippen LogP contribution in [-0.4, -0.2) is 56.3 Å². The van der Waals surface area contributed by atoms with Crippen molar-refractivity contribution >= 4 is 23.4 Å². The molecule has 0 bridgehead atoms. The van der Waals surface area contributed by atoms with Crippen LogP contribution in [0.1, 0.15) is 32.8 Å². The number of hydrogen-bond donors (Lipinski definition) is 3. The van der Waals surface area contributed by atoms with Gasteiger partial charge in [0.05, 0.1) is 24.1 Å². The molecule has 0 saturated carbocycles. The molecule has 2 unspecified atom stereocenters. The van der Waals surface area contributed by atoms with Crippen LogP contribution in [-0.2, 0) is 11.4 Å². The van der Waals surface area contributed by atoms with Crippen LogP contribution in [0.2, 0.25) is 0 Å². The summed E-state index contributed by atoms with van der Waals surface area (Å²) in [6.07, 6.45) is 4.59. The fourth-order valence-electron chi connectivity index (χ4n) is 4.27. The molecule has 2 atom stereocenters. The van der Waals surface area contributed by atoms with Gasteiger partial charge in [-0.3, -0.25) is 19.4 Å². The topological polar surface area (TPSA) is 125 Å². The van der Waals surface area contributed by atoms with Crippen LogP contribution in [0.25, 0.3) is 11.1 Å². The van der Waals surface area contributed by atoms with Crippen molar-refractivity contribution in [1.82, 2.24) is 20.2 Å². The van der Waals surface area contributed by atoms with E-state index in [-0.39, 0.29) is 36.7 Å². The Balaban J connectivity index is 1.39. The van der Waals surface area contributed by atoms with Crippen molar-refractivity contribution in [1.29, 1.82) is 0 Å². The van der Waals surface area contributed by atoms with Crippen molar-refractivity contribution in [3.63, 3.8) is 0 Å². The minimum Gasteiger partial charge on any atom is -0.392 e. The van der Waals surface area contributed by atoms with Gasteiger partial charge in [0.25, 0.3) is 11.8 Å². The summed E-state index contributed by atoms with van der Waals surface area (Å²) in [7, 11) is 0. The first kappa shape index (κ1) is 20.8. The molecule has 9 heteroatoms. The van der Waals surface area contributed by atoms with Crippen LogP contribution in [0, 0.1) is 0 Å². The van der Waals surface area contributed by atoms with E-state index >= 15 is 0 Å². The van der Waals surface area contributed by atoms with E-state index in [2.05, 4.69) is 20.6 Å². The number of nitrogens with one attached hydrogen (secondary N) is 2. The summed E-state index contributed by atoms with van der Waals surface area (Å²) >= 11 is 0. The van der Waals surface area contributed by atoms with Gasteiger partial charge in [-0.15, -0.1) is 0 Å². The highest BCUT2D eigenvalue weighted by atomic mass is 16.3. The molecule has 1 fully saturated rings. The number of carbonyl (C=O) groups excluding carboxylic acids is 3. The lowest BCUT2D eigenvalue weighted by molar-refractivity contribution is -0.119. The zero-order valence-electron chi connectivity index (χ0n) is 17.6. The van der Waals surface area contributed by atoms with Crippen molar-refractivity contribution < 1.29 is 19.5 Å². The molecule has 3 heterocycles. The van der Waals surface area contributed by atoms with Gasteiger partial charge in [-0.05, 0) is 35.2 Å². The molecule has 0 radical (unpaired) electrons. The maximum absolute atomic E-state index is 13.4. The number of rotatable bonds is 4. The van der Waals surface area contributed by atoms with Gasteiger partial charge in [-0.25, -0.2) is 4.98 Å². The number of hydrogen-bond acceptors (Lipinski definition) is 6. The minimum atomic E-state index is -0.677. The van der Waals surface area contributed by atoms with Crippen LogP contribution in [0.3, 0.4) is 0 Å². The second-order valence-electron chi connectivity index (χ2n) is 8.07. The number of anilines is 1. The quantitative estimate of drug-likeness (QED) is 0.563. The Morgan fingerprint density at radius 1 is 1.12 bits per heavy atom. The first-order chi connectivity index (χ1) is 16.0. The molecule has 2 aromatic carbocycles. The van der Waals surface area contributed by atoms with Gasteiger partial charge in [0.1, 0.15) is 11.7 Å². The molecule has 3 aromatic rings. The summed E-state index contributed by atoms with van der Waals surface area (Å²) in [5.41, 5.74) is 3.56. The highest BCUT2D eigenvalue weighted by Gasteiger charge is 2.43. The summed E-state index contributed by atoms with van der Waals surface area (Å²) in [5.74, 6) is -0.940. The third-order valence-corrected chi connectivity index (χ3v) is 5.97. The van der Waals surface area contributed by atoms with Gasteiger partial charge in [0, 0.05) is 25.0 Å². The number of amides is 3. The summed E-state index contributed by atoms with van der Waals surface area (Å²) in [5, 5.41) is 15.0. The Kier molecular flexibility index (Phi) is 5.31. The highest BCUT2D eigenvalue weighted by Crippen LogP contribution is 2.32. The number of aromatic nitrogens is 2. The van der Waals surface area contributed by atoms with E-state index in [1.807, 2.05) is 30.3 Å². The molecule has 33 heavy (non-hydrogen) atoms. The van der Waals surface area contributed by atoms with Gasteiger partial charge < -0.3 is 20.6 Å². The third-order valence-electron chi connectivity index (χ3n) is 5.97. The molecular formula is C24H21N5O4. The number of benzene rings is 2. The largest absolute Gasteiger partial charge is 0.392 e. The predicted octanol–water partition coefficient (Wildman–Crippen LogP) is 1.60. The van der Waals surface area contributed by atoms with Gasteiger partial charge in [0.2, 0.25) is 5.91 Å². The Labute approximate surface area is 189 Å². The third kappa shape index (κ3) is 3.94. The lowest BCUT2D eigenvalue weighted by atomic mass is 10.00. The van der Waals surface area contributed by atoms with E-state index in [0.29, 0.717) is 17.7 Å².